The van der Waals surface area contributed by atoms with E-state index in [0.717, 1.165) is 6.42 Å². The average molecular weight is 423 g/mol. The maximum absolute atomic E-state index is 12.2. The summed E-state index contributed by atoms with van der Waals surface area (Å²) in [5.74, 6) is -0.616. The first kappa shape index (κ1) is 22.1. The molecule has 2 N–H and O–H groups in total. The second-order valence-corrected chi connectivity index (χ2v) is 7.68. The van der Waals surface area contributed by atoms with E-state index >= 15 is 0 Å². The van der Waals surface area contributed by atoms with E-state index in [9.17, 15) is 14.4 Å². The zero-order chi connectivity index (χ0) is 20.4. The van der Waals surface area contributed by atoms with Gasteiger partial charge in [-0.05, 0) is 43.7 Å². The number of amides is 2. The van der Waals surface area contributed by atoms with Gasteiger partial charge in [0.1, 0.15) is 0 Å². The monoisotopic (exact) mass is 422 g/mol. The minimum atomic E-state index is -0.287. The van der Waals surface area contributed by atoms with Crippen molar-refractivity contribution in [3.05, 3.63) is 51.2 Å². The lowest BCUT2D eigenvalue weighted by molar-refractivity contribution is -0.116. The van der Waals surface area contributed by atoms with Crippen LogP contribution in [0.2, 0.25) is 4.34 Å². The number of halogens is 1. The van der Waals surface area contributed by atoms with Crippen molar-refractivity contribution in [1.82, 2.24) is 5.32 Å². The third-order valence-corrected chi connectivity index (χ3v) is 5.06. The third-order valence-electron chi connectivity index (χ3n) is 3.79. The lowest BCUT2D eigenvalue weighted by Crippen LogP contribution is -2.25. The summed E-state index contributed by atoms with van der Waals surface area (Å²) in [5.41, 5.74) is 0.970. The molecular formula is C20H23ClN2O4S. The first-order valence-corrected chi connectivity index (χ1v) is 10.2. The number of hydrogen-bond donors (Lipinski definition) is 2. The van der Waals surface area contributed by atoms with Gasteiger partial charge in [0.2, 0.25) is 5.91 Å². The second-order valence-electron chi connectivity index (χ2n) is 5.96. The van der Waals surface area contributed by atoms with Crippen LogP contribution < -0.4 is 10.6 Å². The van der Waals surface area contributed by atoms with Gasteiger partial charge in [-0.25, -0.2) is 0 Å². The number of ketones is 1. The number of Topliss-reactive ketones (excluding diaryl/α,β-unsaturated/α-hetero) is 1. The van der Waals surface area contributed by atoms with Gasteiger partial charge in [0.25, 0.3) is 5.91 Å². The third kappa shape index (κ3) is 7.42. The Bertz CT molecular complexity index is 822. The zero-order valence-corrected chi connectivity index (χ0v) is 17.2. The molecule has 1 heterocycles. The summed E-state index contributed by atoms with van der Waals surface area (Å²) >= 11 is 7.02. The molecule has 8 heteroatoms. The summed E-state index contributed by atoms with van der Waals surface area (Å²) in [4.78, 5) is 36.9. The lowest BCUT2D eigenvalue weighted by Gasteiger charge is -2.08. The molecule has 0 bridgehead atoms. The topological polar surface area (TPSA) is 84.5 Å². The van der Waals surface area contributed by atoms with Gasteiger partial charge in [0.05, 0.1) is 9.21 Å². The quantitative estimate of drug-likeness (QED) is 0.420. The van der Waals surface area contributed by atoms with E-state index in [1.807, 2.05) is 6.92 Å². The molecule has 0 aliphatic rings. The van der Waals surface area contributed by atoms with Crippen molar-refractivity contribution in [2.45, 2.75) is 26.2 Å². The van der Waals surface area contributed by atoms with E-state index in [4.69, 9.17) is 16.3 Å². The van der Waals surface area contributed by atoms with E-state index in [1.54, 1.807) is 36.4 Å². The zero-order valence-electron chi connectivity index (χ0n) is 15.6. The van der Waals surface area contributed by atoms with E-state index in [1.165, 1.54) is 11.3 Å². The average Bonchev–Trinajstić information content (AvgIpc) is 3.12. The molecule has 0 saturated carbocycles. The van der Waals surface area contributed by atoms with E-state index in [-0.39, 0.29) is 30.4 Å². The molecule has 1 aromatic heterocycles. The Kier molecular flexibility index (Phi) is 9.13. The van der Waals surface area contributed by atoms with Crippen LogP contribution in [-0.4, -0.2) is 37.4 Å². The molecule has 0 spiro atoms. The molecule has 0 aliphatic carbocycles. The molecule has 2 rings (SSSR count). The largest absolute Gasteiger partial charge is 0.382 e. The molecule has 28 heavy (non-hydrogen) atoms. The molecule has 0 atom stereocenters. The molecule has 0 fully saturated rings. The van der Waals surface area contributed by atoms with Crippen molar-refractivity contribution < 1.29 is 19.1 Å². The highest BCUT2D eigenvalue weighted by Crippen LogP contribution is 2.23. The highest BCUT2D eigenvalue weighted by molar-refractivity contribution is 7.18. The Hall–Kier alpha value is -2.22. The van der Waals surface area contributed by atoms with E-state index in [0.29, 0.717) is 40.2 Å². The number of anilines is 1. The minimum absolute atomic E-state index is 0.0577. The number of benzene rings is 1. The van der Waals surface area contributed by atoms with Crippen LogP contribution in [0.3, 0.4) is 0 Å². The molecular weight excluding hydrogens is 400 g/mol. The van der Waals surface area contributed by atoms with Gasteiger partial charge >= 0.3 is 0 Å². The number of carbonyl (C=O) groups is 3. The Morgan fingerprint density at radius 3 is 2.68 bits per heavy atom. The fourth-order valence-electron chi connectivity index (χ4n) is 2.40. The van der Waals surface area contributed by atoms with Gasteiger partial charge < -0.3 is 15.4 Å². The van der Waals surface area contributed by atoms with Crippen LogP contribution >= 0.6 is 22.9 Å². The van der Waals surface area contributed by atoms with Gasteiger partial charge in [0.15, 0.2) is 5.78 Å². The van der Waals surface area contributed by atoms with Crippen molar-refractivity contribution >= 4 is 46.2 Å². The van der Waals surface area contributed by atoms with E-state index < -0.39 is 0 Å². The molecule has 0 aliphatic heterocycles. The summed E-state index contributed by atoms with van der Waals surface area (Å²) in [5, 5.41) is 5.53. The second kappa shape index (κ2) is 11.6. The Balaban J connectivity index is 1.80. The van der Waals surface area contributed by atoms with E-state index in [2.05, 4.69) is 10.6 Å². The molecule has 0 unspecified atom stereocenters. The predicted octanol–water partition coefficient (Wildman–Crippen LogP) is 4.16. The highest BCUT2D eigenvalue weighted by atomic mass is 35.5. The first-order chi connectivity index (χ1) is 13.5. The normalized spacial score (nSPS) is 10.5. The Labute approximate surface area is 173 Å². The Morgan fingerprint density at radius 1 is 1.14 bits per heavy atom. The molecule has 2 aromatic rings. The molecule has 2 amide bonds. The summed E-state index contributed by atoms with van der Waals surface area (Å²) in [6.45, 7) is 3.70. The van der Waals surface area contributed by atoms with Crippen LogP contribution in [0.25, 0.3) is 0 Å². The van der Waals surface area contributed by atoms with Gasteiger partial charge in [-0.2, -0.15) is 0 Å². The van der Waals surface area contributed by atoms with Crippen LogP contribution in [0.15, 0.2) is 36.4 Å². The maximum Gasteiger partial charge on any atom is 0.251 e. The smallest absolute Gasteiger partial charge is 0.251 e. The van der Waals surface area contributed by atoms with Gasteiger partial charge in [-0.15, -0.1) is 11.3 Å². The number of hydrogen-bond acceptors (Lipinski definition) is 5. The first-order valence-electron chi connectivity index (χ1n) is 9.04. The molecule has 0 saturated heterocycles. The van der Waals surface area contributed by atoms with Crippen LogP contribution in [0.4, 0.5) is 5.69 Å². The number of nitrogens with one attached hydrogen (secondary N) is 2. The molecule has 0 radical (unpaired) electrons. The number of rotatable bonds is 11. The number of carbonyl (C=O) groups excluding carboxylic acids is 3. The fraction of sp³-hybridized carbons (Fsp3) is 0.350. The summed E-state index contributed by atoms with van der Waals surface area (Å²) in [6.07, 6.45) is 0.893. The van der Waals surface area contributed by atoms with Crippen molar-refractivity contribution in [1.29, 1.82) is 0 Å². The van der Waals surface area contributed by atoms with Gasteiger partial charge in [-0.3, -0.25) is 14.4 Å². The van der Waals surface area contributed by atoms with Crippen molar-refractivity contribution in [2.24, 2.45) is 0 Å². The van der Waals surface area contributed by atoms with Crippen LogP contribution in [0.5, 0.6) is 0 Å². The van der Waals surface area contributed by atoms with Crippen LogP contribution in [-0.2, 0) is 9.53 Å². The SMILES string of the molecule is CCOCCCNC(=O)c1cccc(NC(=O)CCC(=O)c2ccc(Cl)s2)c1. The Morgan fingerprint density at radius 2 is 1.96 bits per heavy atom. The molecule has 1 aromatic carbocycles. The predicted molar refractivity (Wildman–Crippen MR) is 111 cm³/mol. The highest BCUT2D eigenvalue weighted by Gasteiger charge is 2.12. The fourth-order valence-corrected chi connectivity index (χ4v) is 3.41. The summed E-state index contributed by atoms with van der Waals surface area (Å²) in [7, 11) is 0. The van der Waals surface area contributed by atoms with Crippen molar-refractivity contribution in [2.75, 3.05) is 25.1 Å². The molecule has 150 valence electrons. The number of ether oxygens (including phenoxy) is 1. The van der Waals surface area contributed by atoms with Crippen molar-refractivity contribution in [3.63, 3.8) is 0 Å². The maximum atomic E-state index is 12.2. The lowest BCUT2D eigenvalue weighted by atomic mass is 10.1. The van der Waals surface area contributed by atoms with Crippen LogP contribution in [0, 0.1) is 0 Å². The van der Waals surface area contributed by atoms with Crippen LogP contribution in [0.1, 0.15) is 46.2 Å². The minimum Gasteiger partial charge on any atom is -0.382 e. The molecule has 6 nitrogen and oxygen atoms in total. The summed E-state index contributed by atoms with van der Waals surface area (Å²) in [6, 6.07) is 10.00. The van der Waals surface area contributed by atoms with Gasteiger partial charge in [-0.1, -0.05) is 17.7 Å². The van der Waals surface area contributed by atoms with Gasteiger partial charge in [0, 0.05) is 43.9 Å². The number of thiophene rings is 1. The standard InChI is InChI=1S/C20H23ClN2O4S/c1-2-27-12-4-11-22-20(26)14-5-3-6-15(13-14)23-19(25)10-7-16(24)17-8-9-18(21)28-17/h3,5-6,8-9,13H,2,4,7,10-12H2,1H3,(H,22,26)(H,23,25). The summed E-state index contributed by atoms with van der Waals surface area (Å²) < 4.78 is 5.77. The van der Waals surface area contributed by atoms with Crippen molar-refractivity contribution in [3.8, 4) is 0 Å².